The van der Waals surface area contributed by atoms with E-state index in [1.807, 2.05) is 0 Å². The van der Waals surface area contributed by atoms with E-state index in [4.69, 9.17) is 10.00 Å². The molecule has 2 nitrogen and oxygen atoms in total. The molecule has 1 unspecified atom stereocenters. The Morgan fingerprint density at radius 2 is 2.12 bits per heavy atom. The van der Waals surface area contributed by atoms with Crippen LogP contribution in [0.4, 0.5) is 0 Å². The fourth-order valence-electron chi connectivity index (χ4n) is 2.10. The summed E-state index contributed by atoms with van der Waals surface area (Å²) >= 11 is 1.32. The molecular formula is C14H19NOS. The van der Waals surface area contributed by atoms with E-state index in [1.54, 1.807) is 7.11 Å². The Bertz CT molecular complexity index is 423. The Balaban J connectivity index is 2.86. The highest BCUT2D eigenvalue weighted by atomic mass is 32.2. The number of thioether (sulfide) groups is 1. The standard InChI is InChI=1S/C14H19NOS/c1-10-5-12(3)14(16-4)13(6-10)7-11(2)8-17-9-15/h5-6,11H,7-8H2,1-4H3. The minimum Gasteiger partial charge on any atom is -0.496 e. The molecular weight excluding hydrogens is 230 g/mol. The van der Waals surface area contributed by atoms with Gasteiger partial charge in [-0.25, -0.2) is 0 Å². The summed E-state index contributed by atoms with van der Waals surface area (Å²) in [5.74, 6) is 2.34. The molecule has 0 spiro atoms. The molecule has 0 radical (unpaired) electrons. The second-order valence-electron chi connectivity index (χ2n) is 4.49. The number of ether oxygens (including phenoxy) is 1. The molecule has 0 N–H and O–H groups in total. The van der Waals surface area contributed by atoms with Crippen LogP contribution >= 0.6 is 11.8 Å². The molecule has 92 valence electrons. The maximum absolute atomic E-state index is 8.56. The van der Waals surface area contributed by atoms with Gasteiger partial charge in [0.25, 0.3) is 0 Å². The predicted octanol–water partition coefficient (Wildman–Crippen LogP) is 3.70. The molecule has 1 aromatic rings. The number of hydrogen-bond donors (Lipinski definition) is 0. The lowest BCUT2D eigenvalue weighted by Gasteiger charge is -2.15. The van der Waals surface area contributed by atoms with E-state index in [0.29, 0.717) is 5.92 Å². The van der Waals surface area contributed by atoms with E-state index in [9.17, 15) is 0 Å². The average Bonchev–Trinajstić information content (AvgIpc) is 2.25. The van der Waals surface area contributed by atoms with Gasteiger partial charge in [0.05, 0.1) is 7.11 Å². The zero-order valence-corrected chi connectivity index (χ0v) is 11.7. The van der Waals surface area contributed by atoms with E-state index >= 15 is 0 Å². The van der Waals surface area contributed by atoms with Crippen LogP contribution in [0.3, 0.4) is 0 Å². The first-order valence-electron chi connectivity index (χ1n) is 5.73. The fourth-order valence-corrected chi connectivity index (χ4v) is 2.58. The van der Waals surface area contributed by atoms with E-state index in [0.717, 1.165) is 17.9 Å². The van der Waals surface area contributed by atoms with Crippen molar-refractivity contribution in [3.05, 3.63) is 28.8 Å². The number of nitriles is 1. The van der Waals surface area contributed by atoms with Crippen LogP contribution in [0.5, 0.6) is 5.75 Å². The lowest BCUT2D eigenvalue weighted by atomic mass is 9.97. The first kappa shape index (κ1) is 13.9. The first-order chi connectivity index (χ1) is 8.08. The maximum atomic E-state index is 8.56. The molecule has 0 fully saturated rings. The van der Waals surface area contributed by atoms with Gasteiger partial charge in [0.1, 0.15) is 11.2 Å². The van der Waals surface area contributed by atoms with E-state index in [1.165, 1.54) is 28.5 Å². The molecule has 0 aliphatic rings. The van der Waals surface area contributed by atoms with Crippen molar-refractivity contribution in [2.45, 2.75) is 27.2 Å². The second-order valence-corrected chi connectivity index (χ2v) is 5.29. The maximum Gasteiger partial charge on any atom is 0.133 e. The van der Waals surface area contributed by atoms with Crippen molar-refractivity contribution < 1.29 is 4.74 Å². The SMILES string of the molecule is COc1c(C)cc(C)cc1CC(C)CSC#N. The van der Waals surface area contributed by atoms with Crippen LogP contribution in [0.1, 0.15) is 23.6 Å². The quantitative estimate of drug-likeness (QED) is 0.746. The van der Waals surface area contributed by atoms with Crippen molar-refractivity contribution in [1.29, 1.82) is 5.26 Å². The van der Waals surface area contributed by atoms with Crippen LogP contribution in [0, 0.1) is 30.4 Å². The topological polar surface area (TPSA) is 33.0 Å². The average molecular weight is 249 g/mol. The van der Waals surface area contributed by atoms with Gasteiger partial charge >= 0.3 is 0 Å². The van der Waals surface area contributed by atoms with Crippen LogP contribution in [0.2, 0.25) is 0 Å². The number of rotatable bonds is 5. The summed E-state index contributed by atoms with van der Waals surface area (Å²) in [5, 5.41) is 10.7. The number of thiocyanates is 1. The van der Waals surface area contributed by atoms with Gasteiger partial charge in [-0.15, -0.1) is 0 Å². The number of hydrogen-bond acceptors (Lipinski definition) is 3. The van der Waals surface area contributed by atoms with Crippen LogP contribution in [-0.4, -0.2) is 12.9 Å². The zero-order valence-electron chi connectivity index (χ0n) is 10.9. The molecule has 17 heavy (non-hydrogen) atoms. The molecule has 0 heterocycles. The van der Waals surface area contributed by atoms with Crippen molar-refractivity contribution >= 4 is 11.8 Å². The second kappa shape index (κ2) is 6.56. The van der Waals surface area contributed by atoms with Gasteiger partial charge in [-0.2, -0.15) is 5.26 Å². The van der Waals surface area contributed by atoms with E-state index in [2.05, 4.69) is 38.3 Å². The number of methoxy groups -OCH3 is 1. The minimum absolute atomic E-state index is 0.481. The van der Waals surface area contributed by atoms with Crippen molar-refractivity contribution in [2.24, 2.45) is 5.92 Å². The highest BCUT2D eigenvalue weighted by molar-refractivity contribution is 8.03. The normalized spacial score (nSPS) is 11.9. The summed E-state index contributed by atoms with van der Waals surface area (Å²) in [5.41, 5.74) is 3.69. The van der Waals surface area contributed by atoms with Crippen molar-refractivity contribution in [1.82, 2.24) is 0 Å². The highest BCUT2D eigenvalue weighted by Gasteiger charge is 2.11. The number of benzene rings is 1. The van der Waals surface area contributed by atoms with Crippen LogP contribution < -0.4 is 4.74 Å². The summed E-state index contributed by atoms with van der Waals surface area (Å²) in [6, 6.07) is 4.32. The number of nitrogens with zero attached hydrogens (tertiary/aromatic N) is 1. The Labute approximate surface area is 108 Å². The third-order valence-corrected chi connectivity index (χ3v) is 3.57. The largest absolute Gasteiger partial charge is 0.496 e. The Kier molecular flexibility index (Phi) is 5.37. The molecule has 0 aliphatic carbocycles. The minimum atomic E-state index is 0.481. The molecule has 0 aromatic heterocycles. The fraction of sp³-hybridized carbons (Fsp3) is 0.500. The molecule has 1 rings (SSSR count). The van der Waals surface area contributed by atoms with Gasteiger partial charge in [-0.05, 0) is 49.1 Å². The van der Waals surface area contributed by atoms with Crippen LogP contribution in [-0.2, 0) is 6.42 Å². The molecule has 0 amide bonds. The summed E-state index contributed by atoms with van der Waals surface area (Å²) in [4.78, 5) is 0. The summed E-state index contributed by atoms with van der Waals surface area (Å²) in [6.45, 7) is 6.34. The molecule has 3 heteroatoms. The van der Waals surface area contributed by atoms with Gasteiger partial charge in [0.15, 0.2) is 0 Å². The van der Waals surface area contributed by atoms with Crippen molar-refractivity contribution in [3.63, 3.8) is 0 Å². The summed E-state index contributed by atoms with van der Waals surface area (Å²) in [7, 11) is 1.72. The van der Waals surface area contributed by atoms with Gasteiger partial charge in [0, 0.05) is 5.75 Å². The van der Waals surface area contributed by atoms with Crippen LogP contribution in [0.15, 0.2) is 12.1 Å². The lowest BCUT2D eigenvalue weighted by Crippen LogP contribution is -2.05. The molecule has 1 atom stereocenters. The smallest absolute Gasteiger partial charge is 0.133 e. The Hall–Kier alpha value is -1.14. The predicted molar refractivity (Wildman–Crippen MR) is 73.4 cm³/mol. The third-order valence-electron chi connectivity index (χ3n) is 2.70. The highest BCUT2D eigenvalue weighted by Crippen LogP contribution is 2.28. The monoisotopic (exact) mass is 249 g/mol. The molecule has 0 saturated heterocycles. The molecule has 1 aromatic carbocycles. The van der Waals surface area contributed by atoms with E-state index < -0.39 is 0 Å². The Morgan fingerprint density at radius 1 is 1.41 bits per heavy atom. The molecule has 0 aliphatic heterocycles. The summed E-state index contributed by atoms with van der Waals surface area (Å²) in [6.07, 6.45) is 0.959. The van der Waals surface area contributed by atoms with Gasteiger partial charge in [-0.1, -0.05) is 24.6 Å². The van der Waals surface area contributed by atoms with Gasteiger partial charge < -0.3 is 4.74 Å². The van der Waals surface area contributed by atoms with E-state index in [-0.39, 0.29) is 0 Å². The zero-order chi connectivity index (χ0) is 12.8. The summed E-state index contributed by atoms with van der Waals surface area (Å²) < 4.78 is 5.46. The van der Waals surface area contributed by atoms with Crippen molar-refractivity contribution in [3.8, 4) is 11.2 Å². The molecule has 0 saturated carbocycles. The molecule has 0 bridgehead atoms. The van der Waals surface area contributed by atoms with Gasteiger partial charge in [-0.3, -0.25) is 0 Å². The first-order valence-corrected chi connectivity index (χ1v) is 6.72. The third kappa shape index (κ3) is 3.98. The van der Waals surface area contributed by atoms with Crippen molar-refractivity contribution in [2.75, 3.05) is 12.9 Å². The number of aryl methyl sites for hydroxylation is 2. The Morgan fingerprint density at radius 3 is 2.71 bits per heavy atom. The van der Waals surface area contributed by atoms with Gasteiger partial charge in [0.2, 0.25) is 0 Å². The lowest BCUT2D eigenvalue weighted by molar-refractivity contribution is 0.403. The van der Waals surface area contributed by atoms with Crippen LogP contribution in [0.25, 0.3) is 0 Å².